The number of H-pyrrole nitrogens is 2. The monoisotopic (exact) mass is 401 g/mol. The van der Waals surface area contributed by atoms with Crippen LogP contribution in [0.2, 0.25) is 0 Å². The van der Waals surface area contributed by atoms with Crippen molar-refractivity contribution in [2.75, 3.05) is 26.2 Å². The van der Waals surface area contributed by atoms with Gasteiger partial charge >= 0.3 is 6.03 Å². The Morgan fingerprint density at radius 1 is 0.933 bits per heavy atom. The highest BCUT2D eigenvalue weighted by molar-refractivity contribution is 5.89. The number of carbonyl (C=O) groups is 1. The summed E-state index contributed by atoms with van der Waals surface area (Å²) in [5, 5.41) is 8.23. The standard InChI is InChI=1S/C23H23N5O2/c29-22-18(12-16-3-1-2-4-19(16)27-22)21-13-17-11-15(5-6-20(17)26-21)14-25-23(30)28-9-7-24-8-10-28/h1-6,11-13,24,26H,7-10,14H2,(H,25,30)(H,27,29). The summed E-state index contributed by atoms with van der Waals surface area (Å²) in [5.74, 6) is 0. The van der Waals surface area contributed by atoms with E-state index in [1.54, 1.807) is 0 Å². The molecule has 0 radical (unpaired) electrons. The van der Waals surface area contributed by atoms with E-state index < -0.39 is 0 Å². The maximum Gasteiger partial charge on any atom is 0.317 e. The molecule has 152 valence electrons. The third-order valence-corrected chi connectivity index (χ3v) is 5.58. The molecule has 1 saturated heterocycles. The highest BCUT2D eigenvalue weighted by Gasteiger charge is 2.15. The topological polar surface area (TPSA) is 93.0 Å². The SMILES string of the molecule is O=C(NCc1ccc2[nH]c(-c3cc4ccccc4[nH]c3=O)cc2c1)N1CCNCC1. The van der Waals surface area contributed by atoms with Crippen LogP contribution in [0.5, 0.6) is 0 Å². The molecule has 0 saturated carbocycles. The molecule has 30 heavy (non-hydrogen) atoms. The van der Waals surface area contributed by atoms with Gasteiger partial charge < -0.3 is 25.5 Å². The molecule has 2 amide bonds. The first-order chi connectivity index (χ1) is 14.7. The second kappa shape index (κ2) is 7.68. The number of nitrogens with one attached hydrogen (secondary N) is 4. The molecule has 0 aliphatic carbocycles. The lowest BCUT2D eigenvalue weighted by atomic mass is 10.1. The predicted molar refractivity (Wildman–Crippen MR) is 119 cm³/mol. The van der Waals surface area contributed by atoms with E-state index >= 15 is 0 Å². The quantitative estimate of drug-likeness (QED) is 0.425. The summed E-state index contributed by atoms with van der Waals surface area (Å²) in [6.07, 6.45) is 0. The van der Waals surface area contributed by atoms with Gasteiger partial charge in [0.1, 0.15) is 0 Å². The van der Waals surface area contributed by atoms with Gasteiger partial charge in [-0.15, -0.1) is 0 Å². The Bertz CT molecular complexity index is 1280. The Hall–Kier alpha value is -3.58. The van der Waals surface area contributed by atoms with E-state index in [0.717, 1.165) is 59.2 Å². The molecule has 4 aromatic rings. The molecule has 1 fully saturated rings. The Labute approximate surface area is 173 Å². The number of aromatic amines is 2. The summed E-state index contributed by atoms with van der Waals surface area (Å²) in [6, 6.07) is 17.6. The lowest BCUT2D eigenvalue weighted by Gasteiger charge is -2.27. The van der Waals surface area contributed by atoms with Crippen molar-refractivity contribution < 1.29 is 4.79 Å². The maximum atomic E-state index is 12.6. The molecule has 0 atom stereocenters. The summed E-state index contributed by atoms with van der Waals surface area (Å²) in [7, 11) is 0. The number of urea groups is 1. The number of fused-ring (bicyclic) bond motifs is 2. The Balaban J connectivity index is 1.38. The number of piperazine rings is 1. The molecule has 4 N–H and O–H groups in total. The van der Waals surface area contributed by atoms with Gasteiger partial charge in [-0.1, -0.05) is 24.3 Å². The molecule has 1 aliphatic rings. The Kier molecular flexibility index (Phi) is 4.72. The first-order valence-electron chi connectivity index (χ1n) is 10.1. The molecule has 7 nitrogen and oxygen atoms in total. The van der Waals surface area contributed by atoms with Crippen LogP contribution in [0.25, 0.3) is 33.1 Å². The molecular weight excluding hydrogens is 378 g/mol. The van der Waals surface area contributed by atoms with Crippen molar-refractivity contribution in [2.24, 2.45) is 0 Å². The summed E-state index contributed by atoms with van der Waals surface area (Å²) in [4.78, 5) is 33.0. The van der Waals surface area contributed by atoms with Crippen molar-refractivity contribution in [3.63, 3.8) is 0 Å². The van der Waals surface area contributed by atoms with E-state index in [4.69, 9.17) is 0 Å². The van der Waals surface area contributed by atoms with Crippen molar-refractivity contribution in [1.82, 2.24) is 25.5 Å². The van der Waals surface area contributed by atoms with Crippen LogP contribution in [-0.2, 0) is 6.54 Å². The summed E-state index contributed by atoms with van der Waals surface area (Å²) >= 11 is 0. The molecule has 0 unspecified atom stereocenters. The number of nitrogens with zero attached hydrogens (tertiary/aromatic N) is 1. The minimum Gasteiger partial charge on any atom is -0.354 e. The van der Waals surface area contributed by atoms with Crippen LogP contribution in [0.1, 0.15) is 5.56 Å². The molecular formula is C23H23N5O2. The number of rotatable bonds is 3. The molecule has 2 aromatic carbocycles. The maximum absolute atomic E-state index is 12.6. The number of carbonyl (C=O) groups excluding carboxylic acids is 1. The smallest absolute Gasteiger partial charge is 0.317 e. The Morgan fingerprint density at radius 2 is 1.73 bits per heavy atom. The number of para-hydroxylation sites is 1. The number of aromatic nitrogens is 2. The van der Waals surface area contributed by atoms with Crippen LogP contribution in [0.3, 0.4) is 0 Å². The van der Waals surface area contributed by atoms with Crippen LogP contribution in [-0.4, -0.2) is 47.1 Å². The summed E-state index contributed by atoms with van der Waals surface area (Å²) in [6.45, 7) is 3.59. The normalized spacial score (nSPS) is 14.3. The third-order valence-electron chi connectivity index (χ3n) is 5.58. The van der Waals surface area contributed by atoms with E-state index in [0.29, 0.717) is 12.1 Å². The molecule has 0 bridgehead atoms. The molecule has 5 rings (SSSR count). The van der Waals surface area contributed by atoms with E-state index in [2.05, 4.69) is 20.6 Å². The first kappa shape index (κ1) is 18.4. The van der Waals surface area contributed by atoms with Crippen molar-refractivity contribution in [2.45, 2.75) is 6.54 Å². The minimum atomic E-state index is -0.122. The van der Waals surface area contributed by atoms with Crippen LogP contribution in [0.15, 0.2) is 59.4 Å². The van der Waals surface area contributed by atoms with Gasteiger partial charge in [0.2, 0.25) is 0 Å². The highest BCUT2D eigenvalue weighted by atomic mass is 16.2. The molecule has 3 heterocycles. The van der Waals surface area contributed by atoms with Gasteiger partial charge in [0, 0.05) is 49.1 Å². The fourth-order valence-corrected chi connectivity index (χ4v) is 3.94. The highest BCUT2D eigenvalue weighted by Crippen LogP contribution is 2.24. The lowest BCUT2D eigenvalue weighted by Crippen LogP contribution is -2.50. The second-order valence-electron chi connectivity index (χ2n) is 7.60. The largest absolute Gasteiger partial charge is 0.354 e. The fraction of sp³-hybridized carbons (Fsp3) is 0.217. The van der Waals surface area contributed by atoms with Crippen LogP contribution in [0.4, 0.5) is 4.79 Å². The fourth-order valence-electron chi connectivity index (χ4n) is 3.94. The van der Waals surface area contributed by atoms with E-state index in [1.165, 1.54) is 0 Å². The van der Waals surface area contributed by atoms with Gasteiger partial charge in [0.25, 0.3) is 5.56 Å². The average molecular weight is 401 g/mol. The minimum absolute atomic E-state index is 0.0333. The zero-order chi connectivity index (χ0) is 20.5. The zero-order valence-corrected chi connectivity index (χ0v) is 16.5. The van der Waals surface area contributed by atoms with Crippen molar-refractivity contribution in [3.05, 3.63) is 70.5 Å². The van der Waals surface area contributed by atoms with Gasteiger partial charge in [-0.3, -0.25) is 4.79 Å². The number of benzene rings is 2. The lowest BCUT2D eigenvalue weighted by molar-refractivity contribution is 0.190. The van der Waals surface area contributed by atoms with E-state index in [1.807, 2.05) is 59.5 Å². The van der Waals surface area contributed by atoms with Crippen molar-refractivity contribution in [1.29, 1.82) is 0 Å². The van der Waals surface area contributed by atoms with E-state index in [9.17, 15) is 9.59 Å². The predicted octanol–water partition coefficient (Wildman–Crippen LogP) is 2.79. The molecule has 1 aliphatic heterocycles. The van der Waals surface area contributed by atoms with Crippen molar-refractivity contribution in [3.8, 4) is 11.3 Å². The van der Waals surface area contributed by atoms with Gasteiger partial charge in [0.15, 0.2) is 0 Å². The van der Waals surface area contributed by atoms with Gasteiger partial charge in [0.05, 0.1) is 11.3 Å². The Morgan fingerprint density at radius 3 is 2.60 bits per heavy atom. The third kappa shape index (κ3) is 3.55. The number of hydrogen-bond donors (Lipinski definition) is 4. The van der Waals surface area contributed by atoms with Gasteiger partial charge in [-0.05, 0) is 41.3 Å². The van der Waals surface area contributed by atoms with Crippen LogP contribution < -0.4 is 16.2 Å². The summed E-state index contributed by atoms with van der Waals surface area (Å²) < 4.78 is 0. The van der Waals surface area contributed by atoms with E-state index in [-0.39, 0.29) is 11.6 Å². The zero-order valence-electron chi connectivity index (χ0n) is 16.5. The van der Waals surface area contributed by atoms with Crippen LogP contribution >= 0.6 is 0 Å². The van der Waals surface area contributed by atoms with Crippen molar-refractivity contribution >= 4 is 27.8 Å². The van der Waals surface area contributed by atoms with Gasteiger partial charge in [-0.25, -0.2) is 4.79 Å². The molecule has 7 heteroatoms. The first-order valence-corrected chi connectivity index (χ1v) is 10.1. The number of hydrogen-bond acceptors (Lipinski definition) is 3. The summed E-state index contributed by atoms with van der Waals surface area (Å²) in [5.41, 5.74) is 4.06. The van der Waals surface area contributed by atoms with Crippen LogP contribution in [0, 0.1) is 0 Å². The second-order valence-corrected chi connectivity index (χ2v) is 7.60. The number of amides is 2. The molecule has 2 aromatic heterocycles. The number of pyridine rings is 1. The molecule has 0 spiro atoms. The average Bonchev–Trinajstić information content (AvgIpc) is 3.20. The van der Waals surface area contributed by atoms with Gasteiger partial charge in [-0.2, -0.15) is 0 Å².